The number of sulfonamides is 1. The molecule has 7 heteroatoms. The van der Waals surface area contributed by atoms with Gasteiger partial charge in [0, 0.05) is 45.0 Å². The molecule has 27 heavy (non-hydrogen) atoms. The highest BCUT2D eigenvalue weighted by atomic mass is 32.2. The lowest BCUT2D eigenvalue weighted by Gasteiger charge is -2.41. The van der Waals surface area contributed by atoms with E-state index in [9.17, 15) is 8.42 Å². The molecule has 1 saturated heterocycles. The van der Waals surface area contributed by atoms with Gasteiger partial charge in [0.25, 0.3) is 0 Å². The molecule has 0 spiro atoms. The molecular formula is C20H30N4O2S. The minimum Gasteiger partial charge on any atom is -0.354 e. The molecule has 1 aliphatic heterocycles. The molecule has 4 fully saturated rings. The molecule has 6 nitrogen and oxygen atoms in total. The fourth-order valence-corrected chi connectivity index (χ4v) is 6.35. The second-order valence-electron chi connectivity index (χ2n) is 8.91. The van der Waals surface area contributed by atoms with Crippen molar-refractivity contribution < 1.29 is 8.42 Å². The van der Waals surface area contributed by atoms with Crippen LogP contribution in [-0.4, -0.2) is 57.1 Å². The van der Waals surface area contributed by atoms with E-state index in [1.54, 1.807) is 6.07 Å². The zero-order valence-electron chi connectivity index (χ0n) is 15.9. The number of hydrogen-bond acceptors (Lipinski definition) is 5. The lowest BCUT2D eigenvalue weighted by Crippen LogP contribution is -2.52. The molecule has 3 aliphatic carbocycles. The summed E-state index contributed by atoms with van der Waals surface area (Å²) in [4.78, 5) is 9.72. The maximum Gasteiger partial charge on any atom is 0.242 e. The van der Waals surface area contributed by atoms with Gasteiger partial charge < -0.3 is 4.90 Å². The van der Waals surface area contributed by atoms with E-state index in [1.807, 2.05) is 6.07 Å². The first-order chi connectivity index (χ1) is 13.1. The number of pyridine rings is 1. The molecule has 5 rings (SSSR count). The third kappa shape index (κ3) is 3.74. The van der Waals surface area contributed by atoms with Gasteiger partial charge in [-0.15, -0.1) is 0 Å². The Bertz CT molecular complexity index is 770. The molecular weight excluding hydrogens is 360 g/mol. The first-order valence-electron chi connectivity index (χ1n) is 10.5. The van der Waals surface area contributed by atoms with Crippen molar-refractivity contribution in [3.8, 4) is 0 Å². The highest BCUT2D eigenvalue weighted by molar-refractivity contribution is 7.89. The number of fused-ring (bicyclic) bond motifs is 2. The Morgan fingerprint density at radius 3 is 2.44 bits per heavy atom. The summed E-state index contributed by atoms with van der Waals surface area (Å²) >= 11 is 0. The average molecular weight is 391 g/mol. The van der Waals surface area contributed by atoms with Crippen LogP contribution >= 0.6 is 0 Å². The van der Waals surface area contributed by atoms with Gasteiger partial charge in [-0.3, -0.25) is 4.90 Å². The summed E-state index contributed by atoms with van der Waals surface area (Å²) in [6, 6.07) is 4.36. The number of aromatic nitrogens is 1. The Kier molecular flexibility index (Phi) is 4.64. The van der Waals surface area contributed by atoms with Crippen LogP contribution in [-0.2, 0) is 10.0 Å². The average Bonchev–Trinajstić information content (AvgIpc) is 3.29. The maximum absolute atomic E-state index is 12.3. The lowest BCUT2D eigenvalue weighted by molar-refractivity contribution is 0.134. The molecule has 0 radical (unpaired) electrons. The van der Waals surface area contributed by atoms with Crippen LogP contribution in [0.4, 0.5) is 5.82 Å². The van der Waals surface area contributed by atoms with Gasteiger partial charge in [0.1, 0.15) is 10.7 Å². The largest absolute Gasteiger partial charge is 0.354 e. The van der Waals surface area contributed by atoms with E-state index in [1.165, 1.54) is 31.9 Å². The van der Waals surface area contributed by atoms with Gasteiger partial charge in [0.15, 0.2) is 0 Å². The van der Waals surface area contributed by atoms with E-state index in [4.69, 9.17) is 0 Å². The number of piperazine rings is 1. The highest BCUT2D eigenvalue weighted by Crippen LogP contribution is 2.46. The topological polar surface area (TPSA) is 65.5 Å². The Morgan fingerprint density at radius 2 is 1.85 bits per heavy atom. The number of rotatable bonds is 6. The summed E-state index contributed by atoms with van der Waals surface area (Å²) in [6.45, 7) is 4.70. The van der Waals surface area contributed by atoms with Crippen LogP contribution in [0.5, 0.6) is 0 Å². The fraction of sp³-hybridized carbons (Fsp3) is 0.750. The smallest absolute Gasteiger partial charge is 0.242 e. The summed E-state index contributed by atoms with van der Waals surface area (Å²) in [5, 5.41) is 0. The SMILES string of the molecule is O=S(=O)(NCC1CC1)c1ccc(N2CCN(C3CC4CCC3C4)CC2)nc1. The zero-order valence-corrected chi connectivity index (χ0v) is 16.7. The monoisotopic (exact) mass is 390 g/mol. The summed E-state index contributed by atoms with van der Waals surface area (Å²) in [5.41, 5.74) is 0. The molecule has 148 valence electrons. The molecule has 0 aromatic carbocycles. The van der Waals surface area contributed by atoms with Crippen molar-refractivity contribution >= 4 is 15.8 Å². The number of nitrogens with one attached hydrogen (secondary N) is 1. The minimum atomic E-state index is -3.43. The van der Waals surface area contributed by atoms with Gasteiger partial charge in [-0.2, -0.15) is 0 Å². The second-order valence-corrected chi connectivity index (χ2v) is 10.7. The molecule has 3 unspecified atom stereocenters. The Hall–Kier alpha value is -1.18. The van der Waals surface area contributed by atoms with Gasteiger partial charge >= 0.3 is 0 Å². The molecule has 1 N–H and O–H groups in total. The van der Waals surface area contributed by atoms with E-state index in [0.29, 0.717) is 12.5 Å². The van der Waals surface area contributed by atoms with Crippen molar-refractivity contribution in [1.82, 2.24) is 14.6 Å². The summed E-state index contributed by atoms with van der Waals surface area (Å²) < 4.78 is 27.4. The Balaban J connectivity index is 1.17. The first-order valence-corrected chi connectivity index (χ1v) is 12.0. The molecule has 2 heterocycles. The van der Waals surface area contributed by atoms with E-state index < -0.39 is 10.0 Å². The number of anilines is 1. The molecule has 2 bridgehead atoms. The Labute approximate surface area is 162 Å². The molecule has 3 atom stereocenters. The van der Waals surface area contributed by atoms with Gasteiger partial charge in [0.05, 0.1) is 0 Å². The highest BCUT2D eigenvalue weighted by Gasteiger charge is 2.42. The van der Waals surface area contributed by atoms with Crippen LogP contribution < -0.4 is 9.62 Å². The third-order valence-corrected chi connectivity index (χ3v) is 8.51. The zero-order chi connectivity index (χ0) is 18.4. The Morgan fingerprint density at radius 1 is 1.04 bits per heavy atom. The van der Waals surface area contributed by atoms with Gasteiger partial charge in [0.2, 0.25) is 10.0 Å². The van der Waals surface area contributed by atoms with Gasteiger partial charge in [-0.25, -0.2) is 18.1 Å². The standard InChI is InChI=1S/C20H30N4O2S/c25-27(26,22-13-15-1-2-15)18-5-6-20(21-14-18)24-9-7-23(8-10-24)19-12-16-3-4-17(19)11-16/h5-6,14-17,19,22H,1-4,7-13H2. The summed E-state index contributed by atoms with van der Waals surface area (Å²) in [5.74, 6) is 3.34. The van der Waals surface area contributed by atoms with E-state index >= 15 is 0 Å². The molecule has 1 aromatic heterocycles. The predicted octanol–water partition coefficient (Wildman–Crippen LogP) is 2.08. The van der Waals surface area contributed by atoms with E-state index in [0.717, 1.165) is 62.7 Å². The normalized spacial score (nSPS) is 31.6. The van der Waals surface area contributed by atoms with E-state index in [-0.39, 0.29) is 4.90 Å². The van der Waals surface area contributed by atoms with Crippen molar-refractivity contribution in [3.05, 3.63) is 18.3 Å². The lowest BCUT2D eigenvalue weighted by atomic mass is 9.93. The molecule has 1 aromatic rings. The summed E-state index contributed by atoms with van der Waals surface area (Å²) in [7, 11) is -3.43. The van der Waals surface area contributed by atoms with Crippen molar-refractivity contribution in [2.24, 2.45) is 17.8 Å². The van der Waals surface area contributed by atoms with Crippen molar-refractivity contribution in [3.63, 3.8) is 0 Å². The van der Waals surface area contributed by atoms with E-state index in [2.05, 4.69) is 19.5 Å². The molecule has 0 amide bonds. The first kappa shape index (κ1) is 17.9. The number of nitrogens with zero attached hydrogens (tertiary/aromatic N) is 3. The molecule has 4 aliphatic rings. The van der Waals surface area contributed by atoms with Crippen LogP contribution in [0.15, 0.2) is 23.2 Å². The number of hydrogen-bond donors (Lipinski definition) is 1. The van der Waals surface area contributed by atoms with Gasteiger partial charge in [-0.1, -0.05) is 6.42 Å². The molecule has 3 saturated carbocycles. The van der Waals surface area contributed by atoms with Crippen LogP contribution in [0.25, 0.3) is 0 Å². The van der Waals surface area contributed by atoms with Crippen molar-refractivity contribution in [2.75, 3.05) is 37.6 Å². The van der Waals surface area contributed by atoms with Crippen LogP contribution in [0.2, 0.25) is 0 Å². The van der Waals surface area contributed by atoms with Crippen molar-refractivity contribution in [1.29, 1.82) is 0 Å². The fourth-order valence-electron chi connectivity index (χ4n) is 5.29. The minimum absolute atomic E-state index is 0.271. The second kappa shape index (κ2) is 7.01. The predicted molar refractivity (Wildman–Crippen MR) is 105 cm³/mol. The van der Waals surface area contributed by atoms with Gasteiger partial charge in [-0.05, 0) is 62.0 Å². The van der Waals surface area contributed by atoms with Crippen molar-refractivity contribution in [2.45, 2.75) is 49.5 Å². The third-order valence-electron chi connectivity index (χ3n) is 7.10. The quantitative estimate of drug-likeness (QED) is 0.806. The van der Waals surface area contributed by atoms with Crippen LogP contribution in [0, 0.1) is 17.8 Å². The summed E-state index contributed by atoms with van der Waals surface area (Å²) in [6.07, 6.45) is 9.52. The van der Waals surface area contributed by atoms with Crippen LogP contribution in [0.1, 0.15) is 38.5 Å². The van der Waals surface area contributed by atoms with Crippen LogP contribution in [0.3, 0.4) is 0 Å². The maximum atomic E-state index is 12.3.